The second-order valence-electron chi connectivity index (χ2n) is 6.35. The standard InChI is InChI=1S/C17H25N5OS/c1-5-22-15-8-6-7-14(13(15)9-18-22)19-11(3)16(23)21-17-20-10(2)12(4)24-17/h9,11,14,19H,5-8H2,1-4H3,(H,20,21,23)/t11-,14+/m0/s1. The van der Waals surface area contributed by atoms with Gasteiger partial charge in [-0.25, -0.2) is 4.98 Å². The fraction of sp³-hybridized carbons (Fsp3) is 0.588. The van der Waals surface area contributed by atoms with Crippen LogP contribution in [0.3, 0.4) is 0 Å². The Hall–Kier alpha value is -1.73. The number of rotatable bonds is 5. The molecule has 2 aromatic heterocycles. The van der Waals surface area contributed by atoms with Crippen LogP contribution in [0, 0.1) is 13.8 Å². The number of nitrogens with zero attached hydrogens (tertiary/aromatic N) is 3. The molecule has 7 heteroatoms. The van der Waals surface area contributed by atoms with E-state index in [-0.39, 0.29) is 18.0 Å². The average molecular weight is 347 g/mol. The van der Waals surface area contributed by atoms with Gasteiger partial charge in [-0.3, -0.25) is 14.8 Å². The lowest BCUT2D eigenvalue weighted by atomic mass is 9.92. The number of hydrogen-bond donors (Lipinski definition) is 2. The second kappa shape index (κ2) is 7.03. The molecule has 1 aliphatic carbocycles. The first-order valence-electron chi connectivity index (χ1n) is 8.55. The molecule has 0 saturated heterocycles. The molecule has 0 fully saturated rings. The number of aromatic nitrogens is 3. The third-order valence-corrected chi connectivity index (χ3v) is 5.65. The Labute approximate surface area is 146 Å². The molecule has 1 amide bonds. The van der Waals surface area contributed by atoms with Crippen molar-refractivity contribution in [2.75, 3.05) is 5.32 Å². The fourth-order valence-electron chi connectivity index (χ4n) is 3.18. The van der Waals surface area contributed by atoms with Gasteiger partial charge >= 0.3 is 0 Å². The highest BCUT2D eigenvalue weighted by Gasteiger charge is 2.27. The number of aryl methyl sites for hydroxylation is 3. The maximum atomic E-state index is 12.5. The lowest BCUT2D eigenvalue weighted by Gasteiger charge is -2.26. The summed E-state index contributed by atoms with van der Waals surface area (Å²) < 4.78 is 2.06. The van der Waals surface area contributed by atoms with Crippen LogP contribution in [0.25, 0.3) is 0 Å². The fourth-order valence-corrected chi connectivity index (χ4v) is 4.00. The molecular formula is C17H25N5OS. The summed E-state index contributed by atoms with van der Waals surface area (Å²) >= 11 is 1.52. The van der Waals surface area contributed by atoms with Crippen molar-refractivity contribution in [2.24, 2.45) is 0 Å². The maximum Gasteiger partial charge on any atom is 0.243 e. The summed E-state index contributed by atoms with van der Waals surface area (Å²) in [6, 6.07) is -0.0926. The summed E-state index contributed by atoms with van der Waals surface area (Å²) in [5.74, 6) is -0.0428. The molecular weight excluding hydrogens is 322 g/mol. The van der Waals surface area contributed by atoms with Gasteiger partial charge in [-0.2, -0.15) is 5.10 Å². The van der Waals surface area contributed by atoms with Gasteiger partial charge in [0.1, 0.15) is 0 Å². The molecule has 0 saturated carbocycles. The molecule has 130 valence electrons. The Morgan fingerprint density at radius 3 is 2.96 bits per heavy atom. The van der Waals surface area contributed by atoms with E-state index in [0.29, 0.717) is 5.13 Å². The van der Waals surface area contributed by atoms with Crippen LogP contribution in [0.5, 0.6) is 0 Å². The molecule has 6 nitrogen and oxygen atoms in total. The molecule has 2 N–H and O–H groups in total. The van der Waals surface area contributed by atoms with Crippen molar-refractivity contribution in [3.05, 3.63) is 28.0 Å². The number of carbonyl (C=O) groups is 1. The van der Waals surface area contributed by atoms with Gasteiger partial charge in [-0.1, -0.05) is 0 Å². The zero-order valence-corrected chi connectivity index (χ0v) is 15.5. The molecule has 2 heterocycles. The Morgan fingerprint density at radius 2 is 2.29 bits per heavy atom. The van der Waals surface area contributed by atoms with Gasteiger partial charge in [0, 0.05) is 28.7 Å². The van der Waals surface area contributed by atoms with Gasteiger partial charge in [0.25, 0.3) is 0 Å². The molecule has 0 aliphatic heterocycles. The molecule has 0 aromatic carbocycles. The highest BCUT2D eigenvalue weighted by atomic mass is 32.1. The van der Waals surface area contributed by atoms with E-state index in [0.717, 1.165) is 36.4 Å². The smallest absolute Gasteiger partial charge is 0.243 e. The van der Waals surface area contributed by atoms with E-state index in [1.807, 2.05) is 27.0 Å². The van der Waals surface area contributed by atoms with Gasteiger partial charge in [0.2, 0.25) is 5.91 Å². The Kier molecular flexibility index (Phi) is 5.01. The minimum atomic E-state index is -0.282. The number of carbonyl (C=O) groups excluding carboxylic acids is 1. The van der Waals surface area contributed by atoms with Gasteiger partial charge < -0.3 is 5.32 Å². The summed E-state index contributed by atoms with van der Waals surface area (Å²) in [5, 5.41) is 11.5. The van der Waals surface area contributed by atoms with E-state index in [1.54, 1.807) is 0 Å². The van der Waals surface area contributed by atoms with Gasteiger partial charge in [-0.15, -0.1) is 11.3 Å². The molecule has 0 bridgehead atoms. The maximum absolute atomic E-state index is 12.5. The molecule has 0 radical (unpaired) electrons. The number of amides is 1. The molecule has 24 heavy (non-hydrogen) atoms. The Morgan fingerprint density at radius 1 is 1.50 bits per heavy atom. The summed E-state index contributed by atoms with van der Waals surface area (Å²) in [7, 11) is 0. The van der Waals surface area contributed by atoms with Crippen LogP contribution in [0.15, 0.2) is 6.20 Å². The Balaban J connectivity index is 1.65. The second-order valence-corrected chi connectivity index (χ2v) is 7.55. The predicted octanol–water partition coefficient (Wildman–Crippen LogP) is 2.97. The summed E-state index contributed by atoms with van der Waals surface area (Å²) in [6.45, 7) is 8.87. The first-order valence-corrected chi connectivity index (χ1v) is 9.36. The van der Waals surface area contributed by atoms with Crippen molar-refractivity contribution < 1.29 is 4.79 Å². The van der Waals surface area contributed by atoms with Gasteiger partial charge in [0.05, 0.1) is 17.9 Å². The normalized spacial score (nSPS) is 18.2. The highest BCUT2D eigenvalue weighted by Crippen LogP contribution is 2.30. The van der Waals surface area contributed by atoms with Crippen LogP contribution in [0.4, 0.5) is 5.13 Å². The number of thiazole rings is 1. The van der Waals surface area contributed by atoms with E-state index in [4.69, 9.17) is 0 Å². The van der Waals surface area contributed by atoms with Crippen LogP contribution in [0.2, 0.25) is 0 Å². The first-order chi connectivity index (χ1) is 11.5. The van der Waals surface area contributed by atoms with Crippen molar-refractivity contribution in [3.8, 4) is 0 Å². The van der Waals surface area contributed by atoms with Crippen molar-refractivity contribution in [1.82, 2.24) is 20.1 Å². The van der Waals surface area contributed by atoms with Crippen LogP contribution in [-0.4, -0.2) is 26.7 Å². The van der Waals surface area contributed by atoms with E-state index in [9.17, 15) is 4.79 Å². The zero-order valence-electron chi connectivity index (χ0n) is 14.7. The number of nitrogens with one attached hydrogen (secondary N) is 2. The minimum absolute atomic E-state index is 0.0428. The lowest BCUT2D eigenvalue weighted by Crippen LogP contribution is -2.41. The summed E-state index contributed by atoms with van der Waals surface area (Å²) in [5.41, 5.74) is 3.52. The first kappa shape index (κ1) is 17.1. The van der Waals surface area contributed by atoms with E-state index < -0.39 is 0 Å². The van der Waals surface area contributed by atoms with Crippen molar-refractivity contribution in [1.29, 1.82) is 0 Å². The molecule has 0 spiro atoms. The molecule has 3 rings (SSSR count). The number of anilines is 1. The van der Waals surface area contributed by atoms with E-state index in [2.05, 4.69) is 32.3 Å². The van der Waals surface area contributed by atoms with Crippen LogP contribution in [-0.2, 0) is 17.8 Å². The van der Waals surface area contributed by atoms with E-state index >= 15 is 0 Å². The van der Waals surface area contributed by atoms with Crippen LogP contribution >= 0.6 is 11.3 Å². The van der Waals surface area contributed by atoms with Crippen molar-refractivity contribution in [3.63, 3.8) is 0 Å². The Bertz CT molecular complexity index is 716. The lowest BCUT2D eigenvalue weighted by molar-refractivity contribution is -0.118. The number of hydrogen-bond acceptors (Lipinski definition) is 5. The third-order valence-electron chi connectivity index (χ3n) is 4.67. The minimum Gasteiger partial charge on any atom is -0.301 e. The van der Waals surface area contributed by atoms with Crippen molar-refractivity contribution >= 4 is 22.4 Å². The molecule has 2 atom stereocenters. The monoisotopic (exact) mass is 347 g/mol. The average Bonchev–Trinajstić information content (AvgIpc) is 3.11. The van der Waals surface area contributed by atoms with Gasteiger partial charge in [0.15, 0.2) is 5.13 Å². The van der Waals surface area contributed by atoms with E-state index in [1.165, 1.54) is 22.6 Å². The molecule has 0 unspecified atom stereocenters. The largest absolute Gasteiger partial charge is 0.301 e. The third kappa shape index (κ3) is 3.37. The van der Waals surface area contributed by atoms with Gasteiger partial charge in [-0.05, 0) is 47.0 Å². The topological polar surface area (TPSA) is 71.8 Å². The molecule has 2 aromatic rings. The van der Waals surface area contributed by atoms with Crippen LogP contribution in [0.1, 0.15) is 54.6 Å². The zero-order chi connectivity index (χ0) is 17.3. The quantitative estimate of drug-likeness (QED) is 0.872. The summed E-state index contributed by atoms with van der Waals surface area (Å²) in [4.78, 5) is 18.0. The van der Waals surface area contributed by atoms with Crippen molar-refractivity contribution in [2.45, 2.75) is 65.6 Å². The predicted molar refractivity (Wildman–Crippen MR) is 96.4 cm³/mol. The molecule has 1 aliphatic rings. The summed E-state index contributed by atoms with van der Waals surface area (Å²) in [6.07, 6.45) is 5.18. The SMILES string of the molecule is CCn1ncc2c1CCC[C@H]2N[C@@H](C)C(=O)Nc1nc(C)c(C)s1. The highest BCUT2D eigenvalue weighted by molar-refractivity contribution is 7.15. The number of fused-ring (bicyclic) bond motifs is 1. The van der Waals surface area contributed by atoms with Crippen LogP contribution < -0.4 is 10.6 Å².